The number of nitrogen functional groups attached to an aromatic ring is 1. The summed E-state index contributed by atoms with van der Waals surface area (Å²) in [5.41, 5.74) is 6.19. The maximum Gasteiger partial charge on any atom is 0.253 e. The number of nitrogens with one attached hydrogen (secondary N) is 1. The number of carbonyl (C=O) groups is 3. The normalized spacial score (nSPS) is 25.2. The molecule has 2 aliphatic heterocycles. The van der Waals surface area contributed by atoms with E-state index in [0.29, 0.717) is 50.0 Å². The number of nitrogens with two attached hydrogens (primary N) is 1. The van der Waals surface area contributed by atoms with Crippen molar-refractivity contribution in [2.45, 2.75) is 25.7 Å². The van der Waals surface area contributed by atoms with E-state index in [-0.39, 0.29) is 17.7 Å². The second-order valence-electron chi connectivity index (χ2n) is 6.11. The average Bonchev–Trinajstić information content (AvgIpc) is 2.87. The molecule has 0 bridgehead atoms. The van der Waals surface area contributed by atoms with E-state index < -0.39 is 5.41 Å². The summed E-state index contributed by atoms with van der Waals surface area (Å²) in [6, 6.07) is 6.77. The Morgan fingerprint density at radius 3 is 2.64 bits per heavy atom. The van der Waals surface area contributed by atoms with Gasteiger partial charge in [-0.05, 0) is 43.5 Å². The number of nitrogens with zero attached hydrogens (tertiary/aromatic N) is 1. The van der Waals surface area contributed by atoms with E-state index in [0.717, 1.165) is 0 Å². The predicted molar refractivity (Wildman–Crippen MR) is 80.8 cm³/mol. The fourth-order valence-electron chi connectivity index (χ4n) is 3.27. The Kier molecular flexibility index (Phi) is 3.60. The standard InChI is InChI=1S/C16H19N3O3/c17-12-5-3-11(4-6-12)14(21)19-9-8-16(10-19)7-1-2-13(20)18-15(16)22/h3-6H,1-2,7-10,17H2,(H,18,20,22). The molecule has 3 rings (SSSR count). The van der Waals surface area contributed by atoms with Gasteiger partial charge in [-0.1, -0.05) is 0 Å². The molecule has 3 N–H and O–H groups in total. The summed E-state index contributed by atoms with van der Waals surface area (Å²) in [5.74, 6) is -0.548. The molecule has 2 heterocycles. The Morgan fingerprint density at radius 2 is 1.91 bits per heavy atom. The number of carbonyl (C=O) groups excluding carboxylic acids is 3. The number of benzene rings is 1. The van der Waals surface area contributed by atoms with Gasteiger partial charge in [-0.3, -0.25) is 19.7 Å². The van der Waals surface area contributed by atoms with Crippen LogP contribution in [0.3, 0.4) is 0 Å². The molecule has 2 saturated heterocycles. The molecule has 1 aromatic rings. The topological polar surface area (TPSA) is 92.5 Å². The molecule has 0 aliphatic carbocycles. The largest absolute Gasteiger partial charge is 0.399 e. The van der Waals surface area contributed by atoms with Crippen LogP contribution in [0.1, 0.15) is 36.0 Å². The van der Waals surface area contributed by atoms with E-state index >= 15 is 0 Å². The molecule has 2 fully saturated rings. The number of imide groups is 1. The Bertz CT molecular complexity index is 626. The lowest BCUT2D eigenvalue weighted by atomic mass is 9.82. The minimum absolute atomic E-state index is 0.0970. The Balaban J connectivity index is 1.76. The molecule has 0 radical (unpaired) electrons. The SMILES string of the molecule is Nc1ccc(C(=O)N2CCC3(CCCC(=O)NC3=O)C2)cc1. The van der Waals surface area contributed by atoms with Gasteiger partial charge in [-0.15, -0.1) is 0 Å². The monoisotopic (exact) mass is 301 g/mol. The van der Waals surface area contributed by atoms with Gasteiger partial charge in [0.25, 0.3) is 5.91 Å². The molecule has 6 heteroatoms. The first-order valence-corrected chi connectivity index (χ1v) is 7.49. The maximum absolute atomic E-state index is 12.5. The van der Waals surface area contributed by atoms with Gasteiger partial charge in [0, 0.05) is 30.8 Å². The second-order valence-corrected chi connectivity index (χ2v) is 6.11. The zero-order valence-electron chi connectivity index (χ0n) is 12.3. The zero-order chi connectivity index (χ0) is 15.7. The first-order valence-electron chi connectivity index (χ1n) is 7.49. The summed E-state index contributed by atoms with van der Waals surface area (Å²) in [7, 11) is 0. The van der Waals surface area contributed by atoms with Crippen LogP contribution in [0, 0.1) is 5.41 Å². The molecule has 1 atom stereocenters. The number of hydrogen-bond donors (Lipinski definition) is 2. The Hall–Kier alpha value is -2.37. The first-order chi connectivity index (χ1) is 10.5. The summed E-state index contributed by atoms with van der Waals surface area (Å²) in [6.45, 7) is 0.903. The van der Waals surface area contributed by atoms with Gasteiger partial charge in [0.1, 0.15) is 0 Å². The van der Waals surface area contributed by atoms with E-state index in [1.807, 2.05) is 0 Å². The summed E-state index contributed by atoms with van der Waals surface area (Å²) in [5, 5.41) is 2.45. The molecule has 22 heavy (non-hydrogen) atoms. The van der Waals surface area contributed by atoms with E-state index in [1.165, 1.54) is 0 Å². The van der Waals surface area contributed by atoms with Crippen molar-refractivity contribution in [3.8, 4) is 0 Å². The highest BCUT2D eigenvalue weighted by molar-refractivity contribution is 6.00. The Labute approximate surface area is 128 Å². The van der Waals surface area contributed by atoms with E-state index in [2.05, 4.69) is 5.32 Å². The highest BCUT2D eigenvalue weighted by atomic mass is 16.2. The third kappa shape index (κ3) is 2.56. The molecule has 6 nitrogen and oxygen atoms in total. The molecule has 3 amide bonds. The highest BCUT2D eigenvalue weighted by Crippen LogP contribution is 2.37. The van der Waals surface area contributed by atoms with Crippen molar-refractivity contribution >= 4 is 23.4 Å². The molecule has 0 saturated carbocycles. The van der Waals surface area contributed by atoms with E-state index in [9.17, 15) is 14.4 Å². The van der Waals surface area contributed by atoms with Gasteiger partial charge < -0.3 is 10.6 Å². The zero-order valence-corrected chi connectivity index (χ0v) is 12.3. The van der Waals surface area contributed by atoms with Crippen LogP contribution in [-0.2, 0) is 9.59 Å². The number of amides is 3. The molecule has 1 spiro atoms. The third-order valence-electron chi connectivity index (χ3n) is 4.59. The lowest BCUT2D eigenvalue weighted by Gasteiger charge is -2.25. The van der Waals surface area contributed by atoms with Crippen LogP contribution >= 0.6 is 0 Å². The van der Waals surface area contributed by atoms with Gasteiger partial charge >= 0.3 is 0 Å². The summed E-state index contributed by atoms with van der Waals surface area (Å²) in [4.78, 5) is 38.0. The third-order valence-corrected chi connectivity index (χ3v) is 4.59. The van der Waals surface area contributed by atoms with Crippen LogP contribution in [0.5, 0.6) is 0 Å². The summed E-state index contributed by atoms with van der Waals surface area (Å²) < 4.78 is 0. The van der Waals surface area contributed by atoms with Crippen molar-refractivity contribution in [3.63, 3.8) is 0 Å². The van der Waals surface area contributed by atoms with Gasteiger partial charge in [-0.25, -0.2) is 0 Å². The minimum Gasteiger partial charge on any atom is -0.399 e. The van der Waals surface area contributed by atoms with E-state index in [1.54, 1.807) is 29.2 Å². The van der Waals surface area contributed by atoms with Crippen LogP contribution in [0.25, 0.3) is 0 Å². The van der Waals surface area contributed by atoms with Crippen molar-refractivity contribution in [1.29, 1.82) is 0 Å². The van der Waals surface area contributed by atoms with Gasteiger partial charge in [0.05, 0.1) is 5.41 Å². The minimum atomic E-state index is -0.615. The fourth-order valence-corrected chi connectivity index (χ4v) is 3.27. The van der Waals surface area contributed by atoms with Crippen molar-refractivity contribution in [2.75, 3.05) is 18.8 Å². The number of hydrogen-bond acceptors (Lipinski definition) is 4. The molecule has 1 aromatic carbocycles. The molecular formula is C16H19N3O3. The van der Waals surface area contributed by atoms with Crippen LogP contribution in [0.4, 0.5) is 5.69 Å². The van der Waals surface area contributed by atoms with Crippen molar-refractivity contribution in [2.24, 2.45) is 5.41 Å². The summed E-state index contributed by atoms with van der Waals surface area (Å²) in [6.07, 6.45) is 2.31. The lowest BCUT2D eigenvalue weighted by Crippen LogP contribution is -2.43. The molecule has 116 valence electrons. The predicted octanol–water partition coefficient (Wildman–Crippen LogP) is 0.928. The Morgan fingerprint density at radius 1 is 1.18 bits per heavy atom. The lowest BCUT2D eigenvalue weighted by molar-refractivity contribution is -0.135. The van der Waals surface area contributed by atoms with Crippen molar-refractivity contribution in [1.82, 2.24) is 10.2 Å². The quantitative estimate of drug-likeness (QED) is 0.596. The van der Waals surface area contributed by atoms with E-state index in [4.69, 9.17) is 5.73 Å². The van der Waals surface area contributed by atoms with Crippen molar-refractivity contribution in [3.05, 3.63) is 29.8 Å². The molecule has 1 unspecified atom stereocenters. The average molecular weight is 301 g/mol. The van der Waals surface area contributed by atoms with Gasteiger partial charge in [-0.2, -0.15) is 0 Å². The summed E-state index contributed by atoms with van der Waals surface area (Å²) >= 11 is 0. The molecule has 0 aromatic heterocycles. The maximum atomic E-state index is 12.5. The van der Waals surface area contributed by atoms with Crippen LogP contribution in [-0.4, -0.2) is 35.7 Å². The first kappa shape index (κ1) is 14.6. The smallest absolute Gasteiger partial charge is 0.253 e. The van der Waals surface area contributed by atoms with Crippen LogP contribution in [0.2, 0.25) is 0 Å². The second kappa shape index (κ2) is 5.44. The highest BCUT2D eigenvalue weighted by Gasteiger charge is 2.47. The number of anilines is 1. The van der Waals surface area contributed by atoms with Gasteiger partial charge in [0.15, 0.2) is 0 Å². The van der Waals surface area contributed by atoms with Crippen molar-refractivity contribution < 1.29 is 14.4 Å². The fraction of sp³-hybridized carbons (Fsp3) is 0.438. The molecule has 2 aliphatic rings. The number of likely N-dealkylation sites (tertiary alicyclic amines) is 1. The van der Waals surface area contributed by atoms with Crippen LogP contribution in [0.15, 0.2) is 24.3 Å². The van der Waals surface area contributed by atoms with Gasteiger partial charge in [0.2, 0.25) is 11.8 Å². The number of rotatable bonds is 1. The van der Waals surface area contributed by atoms with Crippen LogP contribution < -0.4 is 11.1 Å². The molecular weight excluding hydrogens is 282 g/mol.